The Morgan fingerprint density at radius 1 is 0.392 bits per heavy atom. The van der Waals surface area contributed by atoms with E-state index in [4.69, 9.17) is 23.3 Å². The zero-order valence-electron chi connectivity index (χ0n) is 47.8. The van der Waals surface area contributed by atoms with Crippen molar-refractivity contribution in [2.75, 3.05) is 26.4 Å². The molecular formula is C62H113O11P. The lowest BCUT2D eigenvalue weighted by molar-refractivity contribution is -0.161. The molecule has 11 nitrogen and oxygen atoms in total. The number of aliphatic hydroxyl groups excluding tert-OH is 1. The molecule has 0 bridgehead atoms. The molecule has 0 heterocycles. The van der Waals surface area contributed by atoms with E-state index >= 15 is 0 Å². The number of esters is 3. The van der Waals surface area contributed by atoms with Gasteiger partial charge < -0.3 is 24.2 Å². The van der Waals surface area contributed by atoms with Crippen LogP contribution >= 0.6 is 7.82 Å². The molecule has 432 valence electrons. The number of rotatable bonds is 57. The lowest BCUT2D eigenvalue weighted by Crippen LogP contribution is -2.30. The van der Waals surface area contributed by atoms with Gasteiger partial charge in [-0.2, -0.15) is 0 Å². The fraction of sp³-hybridized carbons (Fsp3) is 0.823. The van der Waals surface area contributed by atoms with Crippen molar-refractivity contribution >= 4 is 25.7 Å². The predicted molar refractivity (Wildman–Crippen MR) is 307 cm³/mol. The molecule has 0 aromatic heterocycles. The zero-order valence-corrected chi connectivity index (χ0v) is 48.7. The number of aliphatic hydroxyl groups is 1. The van der Waals surface area contributed by atoms with Crippen molar-refractivity contribution in [2.45, 2.75) is 303 Å². The molecule has 0 saturated heterocycles. The van der Waals surface area contributed by atoms with Crippen LogP contribution in [0.5, 0.6) is 0 Å². The second-order valence-corrected chi connectivity index (χ2v) is 22.0. The zero-order chi connectivity index (χ0) is 54.1. The summed E-state index contributed by atoms with van der Waals surface area (Å²) < 4.78 is 39.6. The lowest BCUT2D eigenvalue weighted by Gasteiger charge is -2.21. The highest BCUT2D eigenvalue weighted by Crippen LogP contribution is 2.43. The maximum atomic E-state index is 12.9. The van der Waals surface area contributed by atoms with Gasteiger partial charge in [0, 0.05) is 19.3 Å². The molecule has 12 heteroatoms. The number of carbonyl (C=O) groups is 3. The van der Waals surface area contributed by atoms with Gasteiger partial charge >= 0.3 is 25.7 Å². The molecule has 0 spiro atoms. The van der Waals surface area contributed by atoms with E-state index in [0.29, 0.717) is 19.3 Å². The Kier molecular flexibility index (Phi) is 54.7. The first-order valence-corrected chi connectivity index (χ1v) is 32.0. The summed E-state index contributed by atoms with van der Waals surface area (Å²) in [6.07, 6.45) is 60.7. The van der Waals surface area contributed by atoms with Gasteiger partial charge in [0.25, 0.3) is 0 Å². The van der Waals surface area contributed by atoms with Gasteiger partial charge in [-0.3, -0.25) is 23.4 Å². The summed E-state index contributed by atoms with van der Waals surface area (Å²) in [5, 5.41) is 9.82. The van der Waals surface area contributed by atoms with Crippen LogP contribution in [-0.4, -0.2) is 66.5 Å². The number of hydrogen-bond acceptors (Lipinski definition) is 10. The largest absolute Gasteiger partial charge is 0.472 e. The summed E-state index contributed by atoms with van der Waals surface area (Å²) >= 11 is 0. The average Bonchev–Trinajstić information content (AvgIpc) is 3.39. The minimum Gasteiger partial charge on any atom is -0.462 e. The number of carbonyl (C=O) groups excluding carboxylic acids is 3. The summed E-state index contributed by atoms with van der Waals surface area (Å²) in [6.45, 7) is 4.53. The Morgan fingerprint density at radius 3 is 1.08 bits per heavy atom. The monoisotopic (exact) mass is 1060 g/mol. The third kappa shape index (κ3) is 54.2. The Hall–Kier alpha value is -2.56. The van der Waals surface area contributed by atoms with Crippen LogP contribution < -0.4 is 0 Å². The van der Waals surface area contributed by atoms with Gasteiger partial charge in [-0.15, -0.1) is 0 Å². The first-order valence-electron chi connectivity index (χ1n) is 30.5. The summed E-state index contributed by atoms with van der Waals surface area (Å²) in [7, 11) is -4.75. The Morgan fingerprint density at radius 2 is 0.703 bits per heavy atom. The van der Waals surface area contributed by atoms with Crippen molar-refractivity contribution in [2.24, 2.45) is 0 Å². The Labute approximate surface area is 453 Å². The van der Waals surface area contributed by atoms with E-state index in [1.165, 1.54) is 154 Å². The highest BCUT2D eigenvalue weighted by atomic mass is 31.2. The first-order chi connectivity index (χ1) is 36.2. The molecule has 2 N–H and O–H groups in total. The highest BCUT2D eigenvalue weighted by molar-refractivity contribution is 7.47. The molecule has 0 aromatic carbocycles. The van der Waals surface area contributed by atoms with E-state index < -0.39 is 57.8 Å². The second kappa shape index (κ2) is 56.6. The molecule has 0 amide bonds. The maximum Gasteiger partial charge on any atom is 0.472 e. The van der Waals surface area contributed by atoms with Crippen LogP contribution in [0.1, 0.15) is 290 Å². The third-order valence-corrected chi connectivity index (χ3v) is 14.2. The van der Waals surface area contributed by atoms with Gasteiger partial charge in [-0.1, -0.05) is 262 Å². The number of unbranched alkanes of at least 4 members (excludes halogenated alkanes) is 32. The van der Waals surface area contributed by atoms with Crippen LogP contribution in [-0.2, 0) is 42.2 Å². The van der Waals surface area contributed by atoms with Gasteiger partial charge in [-0.25, -0.2) is 4.57 Å². The van der Waals surface area contributed by atoms with Crippen LogP contribution in [0.4, 0.5) is 0 Å². The SMILES string of the molecule is CC/C=C\C/C=C\C/C=C\C/C=C\CCCCC(=O)OCC(COP(=O)(O)OCC(CO)OC(=O)CCCCCCCCCCCCCCC)OC(=O)CCCCCCCCCCCCCCCCCCCCC. The molecule has 3 unspecified atom stereocenters. The number of ether oxygens (including phenoxy) is 3. The van der Waals surface area contributed by atoms with Crippen LogP contribution in [0.2, 0.25) is 0 Å². The molecule has 3 atom stereocenters. The number of phosphoric acid groups is 1. The van der Waals surface area contributed by atoms with E-state index in [2.05, 4.69) is 69.4 Å². The molecule has 0 radical (unpaired) electrons. The van der Waals surface area contributed by atoms with E-state index in [1.54, 1.807) is 0 Å². The van der Waals surface area contributed by atoms with E-state index in [-0.39, 0.29) is 25.9 Å². The third-order valence-electron chi connectivity index (χ3n) is 13.3. The summed E-state index contributed by atoms with van der Waals surface area (Å²) in [4.78, 5) is 48.6. The topological polar surface area (TPSA) is 155 Å². The van der Waals surface area contributed by atoms with Crippen molar-refractivity contribution in [1.29, 1.82) is 0 Å². The predicted octanol–water partition coefficient (Wildman–Crippen LogP) is 18.1. The van der Waals surface area contributed by atoms with Gasteiger partial charge in [0.2, 0.25) is 0 Å². The summed E-state index contributed by atoms with van der Waals surface area (Å²) in [5.74, 6) is -1.49. The number of phosphoric ester groups is 1. The second-order valence-electron chi connectivity index (χ2n) is 20.5. The van der Waals surface area contributed by atoms with Crippen LogP contribution in [0.3, 0.4) is 0 Å². The minimum absolute atomic E-state index is 0.163. The molecule has 0 aliphatic carbocycles. The van der Waals surface area contributed by atoms with Gasteiger partial charge in [-0.05, 0) is 57.8 Å². The molecule has 0 aliphatic heterocycles. The number of allylic oxidation sites excluding steroid dienone is 8. The number of hydrogen-bond donors (Lipinski definition) is 2. The van der Waals surface area contributed by atoms with E-state index in [0.717, 1.165) is 77.0 Å². The van der Waals surface area contributed by atoms with Crippen molar-refractivity contribution in [3.05, 3.63) is 48.6 Å². The first kappa shape index (κ1) is 71.4. The standard InChI is InChI=1S/C62H113O11P/c1-4-7-10-13-16-19-22-25-27-28-29-30-32-35-38-41-44-47-50-53-62(66)73-59(55-69-60(64)51-48-45-42-39-36-34-31-26-23-20-17-14-11-8-5-2)57-71-74(67,68)70-56-58(54-63)72-61(65)52-49-46-43-40-37-33-24-21-18-15-12-9-6-3/h8,11,17,20,26,31,36,39,58-59,63H,4-7,9-10,12-16,18-19,21-25,27-30,32-35,37-38,40-57H2,1-3H3,(H,67,68)/b11-8-,20-17-,31-26-,39-36-. The quantitative estimate of drug-likeness (QED) is 0.0197. The van der Waals surface area contributed by atoms with Crippen molar-refractivity contribution in [3.63, 3.8) is 0 Å². The Bertz CT molecular complexity index is 1430. The maximum absolute atomic E-state index is 12.9. The van der Waals surface area contributed by atoms with Gasteiger partial charge in [0.05, 0.1) is 19.8 Å². The fourth-order valence-electron chi connectivity index (χ4n) is 8.64. The molecule has 0 aromatic rings. The normalized spacial score (nSPS) is 13.6. The smallest absolute Gasteiger partial charge is 0.462 e. The molecule has 0 rings (SSSR count). The molecular weight excluding hydrogens is 952 g/mol. The van der Waals surface area contributed by atoms with Gasteiger partial charge in [0.15, 0.2) is 6.10 Å². The highest BCUT2D eigenvalue weighted by Gasteiger charge is 2.28. The van der Waals surface area contributed by atoms with Gasteiger partial charge in [0.1, 0.15) is 12.7 Å². The average molecular weight is 1070 g/mol. The fourth-order valence-corrected chi connectivity index (χ4v) is 9.43. The van der Waals surface area contributed by atoms with Crippen LogP contribution in [0.25, 0.3) is 0 Å². The Balaban J connectivity index is 4.72. The minimum atomic E-state index is -4.75. The van der Waals surface area contributed by atoms with Crippen LogP contribution in [0.15, 0.2) is 48.6 Å². The van der Waals surface area contributed by atoms with E-state index in [1.807, 2.05) is 0 Å². The van der Waals surface area contributed by atoms with Crippen molar-refractivity contribution < 1.29 is 52.2 Å². The molecule has 0 saturated carbocycles. The van der Waals surface area contributed by atoms with Crippen molar-refractivity contribution in [1.82, 2.24) is 0 Å². The lowest BCUT2D eigenvalue weighted by atomic mass is 10.0. The molecule has 0 fully saturated rings. The van der Waals surface area contributed by atoms with E-state index in [9.17, 15) is 28.9 Å². The van der Waals surface area contributed by atoms with Crippen molar-refractivity contribution in [3.8, 4) is 0 Å². The molecule has 0 aliphatic rings. The summed E-state index contributed by atoms with van der Waals surface area (Å²) in [6, 6.07) is 0. The van der Waals surface area contributed by atoms with Crippen LogP contribution in [0, 0.1) is 0 Å². The molecule has 74 heavy (non-hydrogen) atoms. The summed E-state index contributed by atoms with van der Waals surface area (Å²) in [5.41, 5.74) is 0.